The number of ether oxygens (including phenoxy) is 1. The van der Waals surface area contributed by atoms with Crippen molar-refractivity contribution in [2.45, 2.75) is 26.2 Å². The molecule has 1 aliphatic heterocycles. The third-order valence-electron chi connectivity index (χ3n) is 3.87. The zero-order valence-corrected chi connectivity index (χ0v) is 15.3. The van der Waals surface area contributed by atoms with Crippen molar-refractivity contribution < 1.29 is 14.3 Å². The summed E-state index contributed by atoms with van der Waals surface area (Å²) in [7, 11) is 0. The number of anilines is 2. The number of rotatable bonds is 6. The van der Waals surface area contributed by atoms with Crippen molar-refractivity contribution in [3.63, 3.8) is 0 Å². The van der Waals surface area contributed by atoms with Crippen LogP contribution in [0.1, 0.15) is 24.8 Å². The summed E-state index contributed by atoms with van der Waals surface area (Å²) in [5, 5.41) is 14.2. The van der Waals surface area contributed by atoms with Crippen LogP contribution in [0.25, 0.3) is 0 Å². The van der Waals surface area contributed by atoms with Crippen molar-refractivity contribution in [1.82, 2.24) is 15.1 Å². The normalized spacial score (nSPS) is 13.5. The summed E-state index contributed by atoms with van der Waals surface area (Å²) in [6, 6.07) is 6.66. The summed E-state index contributed by atoms with van der Waals surface area (Å²) >= 11 is 1.21. The maximum Gasteiger partial charge on any atom is 0.325 e. The highest BCUT2D eigenvalue weighted by molar-refractivity contribution is 7.15. The maximum atomic E-state index is 12.1. The van der Waals surface area contributed by atoms with Crippen LogP contribution in [0.15, 0.2) is 24.3 Å². The SMILES string of the molecule is CCOc1ccc(NC(=O)Nc2nnc(CC(=O)N3CCCC3)s2)cc1. The Kier molecular flexibility index (Phi) is 6.00. The van der Waals surface area contributed by atoms with Crippen LogP contribution < -0.4 is 15.4 Å². The predicted molar refractivity (Wildman–Crippen MR) is 99.7 cm³/mol. The van der Waals surface area contributed by atoms with E-state index in [1.54, 1.807) is 24.3 Å². The van der Waals surface area contributed by atoms with Gasteiger partial charge >= 0.3 is 6.03 Å². The number of carbonyl (C=O) groups is 2. The molecule has 1 aromatic heterocycles. The number of nitrogens with zero attached hydrogens (tertiary/aromatic N) is 3. The topological polar surface area (TPSA) is 96.5 Å². The van der Waals surface area contributed by atoms with Crippen molar-refractivity contribution in [1.29, 1.82) is 0 Å². The van der Waals surface area contributed by atoms with E-state index in [0.717, 1.165) is 31.7 Å². The molecule has 26 heavy (non-hydrogen) atoms. The van der Waals surface area contributed by atoms with Crippen LogP contribution in [0, 0.1) is 0 Å². The highest BCUT2D eigenvalue weighted by atomic mass is 32.1. The van der Waals surface area contributed by atoms with Gasteiger partial charge in [0.25, 0.3) is 0 Å². The summed E-state index contributed by atoms with van der Waals surface area (Å²) in [4.78, 5) is 26.0. The first-order chi connectivity index (χ1) is 12.6. The molecule has 1 aliphatic rings. The first-order valence-corrected chi connectivity index (χ1v) is 9.36. The van der Waals surface area contributed by atoms with Gasteiger partial charge in [-0.1, -0.05) is 11.3 Å². The Morgan fingerprint density at radius 2 is 1.88 bits per heavy atom. The van der Waals surface area contributed by atoms with E-state index in [4.69, 9.17) is 4.74 Å². The van der Waals surface area contributed by atoms with Gasteiger partial charge in [-0.25, -0.2) is 4.79 Å². The molecule has 2 heterocycles. The van der Waals surface area contributed by atoms with Gasteiger partial charge in [-0.3, -0.25) is 10.1 Å². The molecule has 1 saturated heterocycles. The van der Waals surface area contributed by atoms with Gasteiger partial charge < -0.3 is 15.0 Å². The quantitative estimate of drug-likeness (QED) is 0.809. The number of amides is 3. The van der Waals surface area contributed by atoms with Crippen LogP contribution in [-0.4, -0.2) is 46.7 Å². The molecule has 0 spiro atoms. The van der Waals surface area contributed by atoms with Gasteiger partial charge in [0.1, 0.15) is 10.8 Å². The summed E-state index contributed by atoms with van der Waals surface area (Å²) < 4.78 is 5.36. The van der Waals surface area contributed by atoms with Gasteiger partial charge in [0.15, 0.2) is 0 Å². The second-order valence-electron chi connectivity index (χ2n) is 5.80. The Balaban J connectivity index is 1.50. The Hall–Kier alpha value is -2.68. The van der Waals surface area contributed by atoms with E-state index in [2.05, 4.69) is 20.8 Å². The van der Waals surface area contributed by atoms with Crippen LogP contribution in [-0.2, 0) is 11.2 Å². The van der Waals surface area contributed by atoms with Gasteiger partial charge in [-0.2, -0.15) is 0 Å². The van der Waals surface area contributed by atoms with E-state index < -0.39 is 6.03 Å². The van der Waals surface area contributed by atoms with Gasteiger partial charge in [0.2, 0.25) is 11.0 Å². The first kappa shape index (κ1) is 18.1. The molecule has 0 unspecified atom stereocenters. The fourth-order valence-corrected chi connectivity index (χ4v) is 3.37. The molecule has 0 atom stereocenters. The van der Waals surface area contributed by atoms with Crippen molar-refractivity contribution in [3.8, 4) is 5.75 Å². The predicted octanol–water partition coefficient (Wildman–Crippen LogP) is 2.75. The fourth-order valence-electron chi connectivity index (χ4n) is 2.64. The molecule has 0 saturated carbocycles. The average molecular weight is 375 g/mol. The summed E-state index contributed by atoms with van der Waals surface area (Å²) in [6.07, 6.45) is 2.33. The van der Waals surface area contributed by atoms with Gasteiger partial charge in [0.05, 0.1) is 13.0 Å². The molecular weight excluding hydrogens is 354 g/mol. The van der Waals surface area contributed by atoms with Gasteiger partial charge in [0, 0.05) is 18.8 Å². The number of hydrogen-bond donors (Lipinski definition) is 2. The second kappa shape index (κ2) is 8.61. The van der Waals surface area contributed by atoms with Crippen LogP contribution in [0.4, 0.5) is 15.6 Å². The Morgan fingerprint density at radius 1 is 1.15 bits per heavy atom. The summed E-state index contributed by atoms with van der Waals surface area (Å²) in [5.74, 6) is 0.805. The minimum atomic E-state index is -0.414. The Labute approximate surface area is 155 Å². The van der Waals surface area contributed by atoms with E-state index in [1.165, 1.54) is 11.3 Å². The molecule has 0 radical (unpaired) electrons. The maximum absolute atomic E-state index is 12.1. The Morgan fingerprint density at radius 3 is 2.58 bits per heavy atom. The molecule has 3 amide bonds. The van der Waals surface area contributed by atoms with E-state index in [0.29, 0.717) is 22.4 Å². The molecule has 9 heteroatoms. The molecule has 0 aliphatic carbocycles. The van der Waals surface area contributed by atoms with Gasteiger partial charge in [-0.05, 0) is 44.0 Å². The third kappa shape index (κ3) is 4.92. The number of hydrogen-bond acceptors (Lipinski definition) is 6. The third-order valence-corrected chi connectivity index (χ3v) is 4.71. The lowest BCUT2D eigenvalue weighted by molar-refractivity contribution is -0.129. The first-order valence-electron chi connectivity index (χ1n) is 8.55. The largest absolute Gasteiger partial charge is 0.494 e. The number of aromatic nitrogens is 2. The lowest BCUT2D eigenvalue weighted by Gasteiger charge is -2.13. The molecule has 2 aromatic rings. The fraction of sp³-hybridized carbons (Fsp3) is 0.412. The average Bonchev–Trinajstić information content (AvgIpc) is 3.29. The van der Waals surface area contributed by atoms with E-state index in [9.17, 15) is 9.59 Å². The summed E-state index contributed by atoms with van der Waals surface area (Å²) in [5.41, 5.74) is 0.639. The zero-order valence-electron chi connectivity index (χ0n) is 14.5. The second-order valence-corrected chi connectivity index (χ2v) is 6.86. The lowest BCUT2D eigenvalue weighted by atomic mass is 10.3. The van der Waals surface area contributed by atoms with Crippen molar-refractivity contribution in [2.24, 2.45) is 0 Å². The molecule has 138 valence electrons. The van der Waals surface area contributed by atoms with Crippen LogP contribution in [0.3, 0.4) is 0 Å². The van der Waals surface area contributed by atoms with Crippen molar-refractivity contribution in [2.75, 3.05) is 30.3 Å². The number of carbonyl (C=O) groups excluding carboxylic acids is 2. The number of benzene rings is 1. The number of urea groups is 1. The van der Waals surface area contributed by atoms with E-state index in [-0.39, 0.29) is 12.3 Å². The monoisotopic (exact) mass is 375 g/mol. The molecule has 8 nitrogen and oxygen atoms in total. The summed E-state index contributed by atoms with van der Waals surface area (Å²) in [6.45, 7) is 4.13. The highest BCUT2D eigenvalue weighted by Crippen LogP contribution is 2.19. The highest BCUT2D eigenvalue weighted by Gasteiger charge is 2.20. The molecule has 1 aromatic carbocycles. The zero-order chi connectivity index (χ0) is 18.4. The van der Waals surface area contributed by atoms with Crippen LogP contribution in [0.5, 0.6) is 5.75 Å². The smallest absolute Gasteiger partial charge is 0.325 e. The van der Waals surface area contributed by atoms with Crippen LogP contribution >= 0.6 is 11.3 Å². The Bertz CT molecular complexity index is 756. The van der Waals surface area contributed by atoms with Crippen molar-refractivity contribution >= 4 is 34.1 Å². The number of nitrogens with one attached hydrogen (secondary N) is 2. The molecular formula is C17H21N5O3S. The molecule has 2 N–H and O–H groups in total. The van der Waals surface area contributed by atoms with E-state index in [1.807, 2.05) is 11.8 Å². The van der Waals surface area contributed by atoms with Crippen LogP contribution in [0.2, 0.25) is 0 Å². The number of likely N-dealkylation sites (tertiary alicyclic amines) is 1. The standard InChI is InChI=1S/C17H21N5O3S/c1-2-25-13-7-5-12(6-8-13)18-16(24)19-17-21-20-14(26-17)11-15(23)22-9-3-4-10-22/h5-8H,2-4,9-11H2,1H3,(H2,18,19,21,24). The van der Waals surface area contributed by atoms with Crippen molar-refractivity contribution in [3.05, 3.63) is 29.3 Å². The molecule has 0 bridgehead atoms. The minimum absolute atomic E-state index is 0.0593. The molecule has 3 rings (SSSR count). The molecule has 1 fully saturated rings. The van der Waals surface area contributed by atoms with E-state index >= 15 is 0 Å². The lowest BCUT2D eigenvalue weighted by Crippen LogP contribution is -2.28. The van der Waals surface area contributed by atoms with Gasteiger partial charge in [-0.15, -0.1) is 10.2 Å². The minimum Gasteiger partial charge on any atom is -0.494 e.